The van der Waals surface area contributed by atoms with E-state index in [9.17, 15) is 4.80 Å². The van der Waals surface area contributed by atoms with E-state index in [4.69, 9.17) is 5.11 Å². The van der Waals surface area contributed by atoms with Gasteiger partial charge in [0.15, 0.2) is 8.32 Å². The first-order chi connectivity index (χ1) is 8.60. The number of rotatable bonds is 10. The van der Waals surface area contributed by atoms with Gasteiger partial charge in [0.25, 0.3) is 0 Å². The van der Waals surface area contributed by atoms with Crippen LogP contribution in [0.25, 0.3) is 0 Å². The minimum Gasteiger partial charge on any atom is -0.432 e. The average Bonchev–Trinajstić information content (AvgIpc) is 2.41. The minimum atomic E-state index is -1.81. The summed E-state index contributed by atoms with van der Waals surface area (Å²) in [6.45, 7) is 8.90. The van der Waals surface area contributed by atoms with E-state index < -0.39 is 8.32 Å². The zero-order valence-corrected chi connectivity index (χ0v) is 18.1. The van der Waals surface area contributed by atoms with Gasteiger partial charge < -0.3 is 20.9 Å². The molecule has 0 unspecified atom stereocenters. The average molecular weight is 404 g/mol. The molecule has 0 aromatic heterocycles. The van der Waals surface area contributed by atoms with Crippen LogP contribution in [0.1, 0.15) is 72.6 Å². The van der Waals surface area contributed by atoms with Crippen molar-refractivity contribution in [1.82, 2.24) is 0 Å². The van der Waals surface area contributed by atoms with E-state index in [0.717, 1.165) is 24.6 Å². The SMILES string of the molecule is CCCC[Si](O)(CCCC)CCCC.CCCO.O.O.[Zr]. The van der Waals surface area contributed by atoms with Crippen molar-refractivity contribution in [3.8, 4) is 0 Å². The Hall–Kier alpha value is 0.940. The Kier molecular flexibility index (Phi) is 41.3. The molecule has 0 aliphatic carbocycles. The molecule has 0 saturated carbocycles. The Morgan fingerprint density at radius 3 is 1.05 bits per heavy atom. The standard InChI is InChI=1S/C12H28OSi.C3H8O.2H2O.Zr/c1-4-7-10-14(13,11-8-5-2)12-9-6-3;1-2-3-4;;;/h13H,4-12H2,1-3H3;4H,2-3H2,1H3;2*1H2;. The molecule has 6 N–H and O–H groups in total. The molecule has 0 aliphatic rings. The molecule has 0 heterocycles. The van der Waals surface area contributed by atoms with Crippen LogP contribution in [0.3, 0.4) is 0 Å². The van der Waals surface area contributed by atoms with Gasteiger partial charge in [0, 0.05) is 32.8 Å². The van der Waals surface area contributed by atoms with E-state index in [1.165, 1.54) is 38.5 Å². The molecular formula is C15H40O4SiZr. The van der Waals surface area contributed by atoms with Crippen molar-refractivity contribution in [2.45, 2.75) is 90.8 Å². The normalized spacial score (nSPS) is 9.43. The molecule has 132 valence electrons. The summed E-state index contributed by atoms with van der Waals surface area (Å²) in [6, 6.07) is 3.43. The first kappa shape index (κ1) is 33.5. The van der Waals surface area contributed by atoms with Gasteiger partial charge >= 0.3 is 0 Å². The number of hydrogen-bond acceptors (Lipinski definition) is 2. The molecule has 0 radical (unpaired) electrons. The second kappa shape index (κ2) is 25.9. The second-order valence-corrected chi connectivity index (χ2v) is 9.21. The summed E-state index contributed by atoms with van der Waals surface area (Å²) in [4.78, 5) is 10.5. The number of aliphatic hydroxyl groups is 1. The van der Waals surface area contributed by atoms with Crippen LogP contribution < -0.4 is 0 Å². The van der Waals surface area contributed by atoms with Gasteiger partial charge in [0.1, 0.15) is 0 Å². The second-order valence-electron chi connectivity index (χ2n) is 5.26. The predicted octanol–water partition coefficient (Wildman–Crippen LogP) is 3.06. The van der Waals surface area contributed by atoms with Crippen molar-refractivity contribution in [3.63, 3.8) is 0 Å². The molecular weight excluding hydrogens is 363 g/mol. The molecule has 0 fully saturated rings. The van der Waals surface area contributed by atoms with Crippen LogP contribution in [0.4, 0.5) is 0 Å². The summed E-state index contributed by atoms with van der Waals surface area (Å²) in [5.41, 5.74) is 0. The van der Waals surface area contributed by atoms with Crippen molar-refractivity contribution in [2.75, 3.05) is 6.61 Å². The summed E-state index contributed by atoms with van der Waals surface area (Å²) in [5.74, 6) is 0. The van der Waals surface area contributed by atoms with E-state index in [1.54, 1.807) is 0 Å². The summed E-state index contributed by atoms with van der Waals surface area (Å²) in [5, 5.41) is 7.88. The quantitative estimate of drug-likeness (QED) is 0.547. The predicted molar refractivity (Wildman–Crippen MR) is 91.7 cm³/mol. The van der Waals surface area contributed by atoms with Crippen LogP contribution in [-0.2, 0) is 26.2 Å². The molecule has 0 aliphatic heterocycles. The maximum absolute atomic E-state index is 10.5. The molecule has 0 saturated heterocycles. The van der Waals surface area contributed by atoms with Crippen molar-refractivity contribution in [2.24, 2.45) is 0 Å². The molecule has 21 heavy (non-hydrogen) atoms. The van der Waals surface area contributed by atoms with Crippen LogP contribution >= 0.6 is 0 Å². The van der Waals surface area contributed by atoms with Crippen molar-refractivity contribution < 1.29 is 47.1 Å². The van der Waals surface area contributed by atoms with Gasteiger partial charge in [-0.3, -0.25) is 0 Å². The third kappa shape index (κ3) is 26.2. The summed E-state index contributed by atoms with van der Waals surface area (Å²) < 4.78 is 0. The maximum atomic E-state index is 10.5. The van der Waals surface area contributed by atoms with Crippen LogP contribution in [0.5, 0.6) is 0 Å². The van der Waals surface area contributed by atoms with Gasteiger partial charge in [-0.2, -0.15) is 0 Å². The monoisotopic (exact) mass is 402 g/mol. The van der Waals surface area contributed by atoms with E-state index >= 15 is 0 Å². The molecule has 0 aromatic carbocycles. The number of unbranched alkanes of at least 4 members (excludes halogenated alkanes) is 3. The van der Waals surface area contributed by atoms with Crippen molar-refractivity contribution >= 4 is 8.32 Å². The fourth-order valence-electron chi connectivity index (χ4n) is 1.89. The van der Waals surface area contributed by atoms with E-state index in [2.05, 4.69) is 20.8 Å². The van der Waals surface area contributed by atoms with Gasteiger partial charge in [-0.15, -0.1) is 0 Å². The maximum Gasteiger partial charge on any atom is 0.188 e. The van der Waals surface area contributed by atoms with Crippen LogP contribution in [0, 0.1) is 0 Å². The number of aliphatic hydroxyl groups excluding tert-OH is 1. The molecule has 0 atom stereocenters. The van der Waals surface area contributed by atoms with E-state index in [1.807, 2.05) is 6.92 Å². The summed E-state index contributed by atoms with van der Waals surface area (Å²) in [6.07, 6.45) is 8.26. The van der Waals surface area contributed by atoms with Gasteiger partial charge in [-0.25, -0.2) is 0 Å². The number of hydrogen-bond donors (Lipinski definition) is 2. The molecule has 4 nitrogen and oxygen atoms in total. The Morgan fingerprint density at radius 2 is 0.905 bits per heavy atom. The van der Waals surface area contributed by atoms with Gasteiger partial charge in [0.2, 0.25) is 0 Å². The largest absolute Gasteiger partial charge is 0.432 e. The van der Waals surface area contributed by atoms with Crippen LogP contribution in [0.15, 0.2) is 0 Å². The Bertz CT molecular complexity index is 139. The van der Waals surface area contributed by atoms with Gasteiger partial charge in [-0.1, -0.05) is 66.2 Å². The van der Waals surface area contributed by atoms with Crippen LogP contribution in [0.2, 0.25) is 18.1 Å². The molecule has 0 spiro atoms. The summed E-state index contributed by atoms with van der Waals surface area (Å²) >= 11 is 0. The topological polar surface area (TPSA) is 103 Å². The summed E-state index contributed by atoms with van der Waals surface area (Å²) in [7, 11) is -1.81. The molecule has 0 amide bonds. The molecule has 0 bridgehead atoms. The molecule has 0 rings (SSSR count). The first-order valence-corrected chi connectivity index (χ1v) is 10.5. The Balaban J connectivity index is -0.000000108. The Labute approximate surface area is 152 Å². The smallest absolute Gasteiger partial charge is 0.188 e. The van der Waals surface area contributed by atoms with Gasteiger partial charge in [0.05, 0.1) is 0 Å². The molecule has 6 heteroatoms. The van der Waals surface area contributed by atoms with Crippen molar-refractivity contribution in [1.29, 1.82) is 0 Å². The van der Waals surface area contributed by atoms with E-state index in [0.29, 0.717) is 6.61 Å². The van der Waals surface area contributed by atoms with E-state index in [-0.39, 0.29) is 37.2 Å². The fourth-order valence-corrected chi connectivity index (χ4v) is 5.68. The molecule has 0 aromatic rings. The third-order valence-corrected chi connectivity index (χ3v) is 7.06. The zero-order chi connectivity index (χ0) is 14.3. The van der Waals surface area contributed by atoms with Gasteiger partial charge in [-0.05, 0) is 24.6 Å². The fraction of sp³-hybridized carbons (Fsp3) is 1.00. The zero-order valence-electron chi connectivity index (χ0n) is 14.7. The first-order valence-electron chi connectivity index (χ1n) is 7.93. The minimum absolute atomic E-state index is 0. The Morgan fingerprint density at radius 1 is 0.667 bits per heavy atom. The van der Waals surface area contributed by atoms with Crippen molar-refractivity contribution in [3.05, 3.63) is 0 Å². The third-order valence-electron chi connectivity index (χ3n) is 3.21. The van der Waals surface area contributed by atoms with Crippen LogP contribution in [-0.4, -0.2) is 35.8 Å².